The number of amides is 2. The van der Waals surface area contributed by atoms with Crippen molar-refractivity contribution in [2.45, 2.75) is 5.92 Å². The van der Waals surface area contributed by atoms with Gasteiger partial charge in [0.25, 0.3) is 5.69 Å². The van der Waals surface area contributed by atoms with E-state index in [1.54, 1.807) is 0 Å². The number of imide groups is 1. The van der Waals surface area contributed by atoms with E-state index < -0.39 is 52.1 Å². The zero-order chi connectivity index (χ0) is 28.4. The molecular weight excluding hydrogens is 524 g/mol. The summed E-state index contributed by atoms with van der Waals surface area (Å²) in [5, 5.41) is 13.7. The molecule has 0 spiro atoms. The van der Waals surface area contributed by atoms with E-state index in [4.69, 9.17) is 9.47 Å². The molecule has 202 valence electrons. The van der Waals surface area contributed by atoms with E-state index in [-0.39, 0.29) is 11.4 Å². The number of esters is 1. The van der Waals surface area contributed by atoms with Crippen molar-refractivity contribution in [3.8, 4) is 11.5 Å². The summed E-state index contributed by atoms with van der Waals surface area (Å²) in [5.74, 6) is -4.96. The van der Waals surface area contributed by atoms with Gasteiger partial charge in [-0.05, 0) is 28.7 Å². The molecule has 0 N–H and O–H groups in total. The number of benzene rings is 4. The lowest BCUT2D eigenvalue weighted by Crippen LogP contribution is -2.42. The summed E-state index contributed by atoms with van der Waals surface area (Å²) in [4.78, 5) is 54.2. The number of anilines is 1. The van der Waals surface area contributed by atoms with E-state index in [0.717, 1.165) is 21.2 Å². The number of hydrogen-bond donors (Lipinski definition) is 0. The Morgan fingerprint density at radius 2 is 1.61 bits per heavy atom. The van der Waals surface area contributed by atoms with Crippen LogP contribution in [0, 0.1) is 27.9 Å². The van der Waals surface area contributed by atoms with Crippen LogP contribution in [0.1, 0.15) is 17.0 Å². The van der Waals surface area contributed by atoms with Crippen LogP contribution in [0.5, 0.6) is 11.5 Å². The van der Waals surface area contributed by atoms with Crippen molar-refractivity contribution in [2.75, 3.05) is 12.0 Å². The Hall–Kier alpha value is -5.31. The summed E-state index contributed by atoms with van der Waals surface area (Å²) in [6, 6.07) is 24.6. The fraction of sp³-hybridized carbons (Fsp3) is 0.156. The average Bonchev–Trinajstić information content (AvgIpc) is 3.26. The number of methoxy groups -OCH3 is 1. The molecule has 1 aliphatic carbocycles. The topological polar surface area (TPSA) is 116 Å². The smallest absolute Gasteiger partial charge is 0.319 e. The zero-order valence-electron chi connectivity index (χ0n) is 21.7. The van der Waals surface area contributed by atoms with E-state index in [0.29, 0.717) is 16.9 Å². The normalized spacial score (nSPS) is 22.9. The van der Waals surface area contributed by atoms with Crippen molar-refractivity contribution in [1.82, 2.24) is 0 Å². The van der Waals surface area contributed by atoms with Crippen LogP contribution in [-0.2, 0) is 14.4 Å². The molecule has 3 aliphatic rings. The van der Waals surface area contributed by atoms with Gasteiger partial charge in [0.1, 0.15) is 17.2 Å². The van der Waals surface area contributed by atoms with Crippen molar-refractivity contribution >= 4 is 45.5 Å². The number of fused-ring (bicyclic) bond motifs is 7. The molecule has 1 saturated heterocycles. The zero-order valence-corrected chi connectivity index (χ0v) is 21.7. The number of allylic oxidation sites excluding steroid dienone is 1. The second kappa shape index (κ2) is 9.12. The maximum atomic E-state index is 14.2. The minimum absolute atomic E-state index is 0.163. The molecule has 4 aromatic carbocycles. The Morgan fingerprint density at radius 3 is 2.37 bits per heavy atom. The fourth-order valence-electron chi connectivity index (χ4n) is 6.49. The fourth-order valence-corrected chi connectivity index (χ4v) is 6.49. The van der Waals surface area contributed by atoms with Gasteiger partial charge < -0.3 is 9.47 Å². The first-order chi connectivity index (χ1) is 19.9. The number of carbonyl (C=O) groups is 3. The first-order valence-corrected chi connectivity index (χ1v) is 13.1. The third-order valence-electron chi connectivity index (χ3n) is 8.29. The summed E-state index contributed by atoms with van der Waals surface area (Å²) in [7, 11) is 1.37. The van der Waals surface area contributed by atoms with Crippen molar-refractivity contribution in [3.05, 3.63) is 112 Å². The predicted molar refractivity (Wildman–Crippen MR) is 149 cm³/mol. The molecule has 0 unspecified atom stereocenters. The third-order valence-corrected chi connectivity index (χ3v) is 8.29. The molecule has 9 heteroatoms. The van der Waals surface area contributed by atoms with E-state index >= 15 is 0 Å². The van der Waals surface area contributed by atoms with Crippen LogP contribution in [0.3, 0.4) is 0 Å². The van der Waals surface area contributed by atoms with E-state index in [9.17, 15) is 24.5 Å². The molecule has 2 heterocycles. The molecule has 0 radical (unpaired) electrons. The number of carbonyl (C=O) groups excluding carboxylic acids is 3. The van der Waals surface area contributed by atoms with Crippen molar-refractivity contribution in [3.63, 3.8) is 0 Å². The summed E-state index contributed by atoms with van der Waals surface area (Å²) < 4.78 is 11.0. The second-order valence-electron chi connectivity index (χ2n) is 10.3. The lowest BCUT2D eigenvalue weighted by Gasteiger charge is -2.38. The Morgan fingerprint density at radius 1 is 0.878 bits per heavy atom. The number of hydrogen-bond acceptors (Lipinski definition) is 7. The van der Waals surface area contributed by atoms with Gasteiger partial charge >= 0.3 is 5.97 Å². The number of nitro groups is 1. The SMILES string of the molecule is COc1ccc(N2C(=O)[C@@H]3[C@@H]4C(=O)Oc5c(ccc6ccccc56)C4=C[C@@H](c4ccccc4)[C@@H]3C2=O)c([N+](=O)[O-])c1. The summed E-state index contributed by atoms with van der Waals surface area (Å²) in [6.07, 6.45) is 1.90. The number of nitrogens with zero attached hydrogens (tertiary/aromatic N) is 2. The minimum atomic E-state index is -1.11. The van der Waals surface area contributed by atoms with Gasteiger partial charge in [-0.15, -0.1) is 0 Å². The molecule has 4 atom stereocenters. The Kier molecular flexibility index (Phi) is 5.50. The maximum Gasteiger partial charge on any atom is 0.319 e. The van der Waals surface area contributed by atoms with Gasteiger partial charge in [-0.2, -0.15) is 0 Å². The Labute approximate surface area is 233 Å². The Bertz CT molecular complexity index is 1830. The van der Waals surface area contributed by atoms with Crippen molar-refractivity contribution in [2.24, 2.45) is 17.8 Å². The highest BCUT2D eigenvalue weighted by atomic mass is 16.6. The summed E-state index contributed by atoms with van der Waals surface area (Å²) in [5.41, 5.74) is 1.48. The maximum absolute atomic E-state index is 14.2. The van der Waals surface area contributed by atoms with Gasteiger partial charge in [-0.25, -0.2) is 4.90 Å². The van der Waals surface area contributed by atoms with E-state index in [1.807, 2.05) is 72.8 Å². The standard InChI is InChI=1S/C32H22N2O7/c1-40-19-12-14-24(25(15-19)34(38)39)33-30(35)26-22(17-7-3-2-4-8-17)16-23-21-13-11-18-9-5-6-10-20(18)29(21)41-32(37)27(23)28(26)31(33)36/h2-16,22,26-28H,1H3/t22-,26-,27+,28-/m0/s1. The van der Waals surface area contributed by atoms with Gasteiger partial charge in [0.2, 0.25) is 11.8 Å². The molecule has 9 nitrogen and oxygen atoms in total. The highest BCUT2D eigenvalue weighted by molar-refractivity contribution is 6.25. The highest BCUT2D eigenvalue weighted by Crippen LogP contribution is 2.56. The molecule has 2 aliphatic heterocycles. The van der Waals surface area contributed by atoms with Gasteiger partial charge in [0.05, 0.1) is 35.9 Å². The minimum Gasteiger partial charge on any atom is -0.496 e. The summed E-state index contributed by atoms with van der Waals surface area (Å²) in [6.45, 7) is 0. The van der Waals surface area contributed by atoms with Crippen LogP contribution in [0.4, 0.5) is 11.4 Å². The number of nitro benzene ring substituents is 1. The van der Waals surface area contributed by atoms with Gasteiger partial charge in [0.15, 0.2) is 0 Å². The van der Waals surface area contributed by atoms with E-state index in [1.165, 1.54) is 25.3 Å². The van der Waals surface area contributed by atoms with Crippen LogP contribution in [0.15, 0.2) is 91.0 Å². The first kappa shape index (κ1) is 24.7. The molecular formula is C32H22N2O7. The monoisotopic (exact) mass is 546 g/mol. The molecule has 1 fully saturated rings. The average molecular weight is 547 g/mol. The number of rotatable bonds is 4. The quantitative estimate of drug-likeness (QED) is 0.112. The molecule has 4 aromatic rings. The van der Waals surface area contributed by atoms with Crippen LogP contribution in [0.2, 0.25) is 0 Å². The first-order valence-electron chi connectivity index (χ1n) is 13.1. The van der Waals surface area contributed by atoms with Crippen LogP contribution >= 0.6 is 0 Å². The largest absolute Gasteiger partial charge is 0.496 e. The molecule has 0 aromatic heterocycles. The molecule has 0 bridgehead atoms. The van der Waals surface area contributed by atoms with Gasteiger partial charge in [0, 0.05) is 16.9 Å². The van der Waals surface area contributed by atoms with Crippen molar-refractivity contribution in [1.29, 1.82) is 0 Å². The summed E-state index contributed by atoms with van der Waals surface area (Å²) >= 11 is 0. The van der Waals surface area contributed by atoms with Crippen LogP contribution in [-0.4, -0.2) is 29.8 Å². The number of ether oxygens (including phenoxy) is 2. The third kappa shape index (κ3) is 3.58. The Balaban J connectivity index is 1.43. The molecule has 0 saturated carbocycles. The van der Waals surface area contributed by atoms with Gasteiger partial charge in [-0.1, -0.05) is 72.8 Å². The second-order valence-corrected chi connectivity index (χ2v) is 10.3. The molecule has 7 rings (SSSR count). The van der Waals surface area contributed by atoms with Crippen LogP contribution in [0.25, 0.3) is 16.3 Å². The predicted octanol–water partition coefficient (Wildman–Crippen LogP) is 5.28. The molecule has 2 amide bonds. The van der Waals surface area contributed by atoms with E-state index in [2.05, 4.69) is 0 Å². The highest BCUT2D eigenvalue weighted by Gasteiger charge is 2.61. The molecule has 41 heavy (non-hydrogen) atoms. The van der Waals surface area contributed by atoms with Crippen molar-refractivity contribution < 1.29 is 28.8 Å². The lowest BCUT2D eigenvalue weighted by molar-refractivity contribution is -0.384. The lowest BCUT2D eigenvalue weighted by atomic mass is 9.64. The van der Waals surface area contributed by atoms with Gasteiger partial charge in [-0.3, -0.25) is 24.5 Å². The van der Waals surface area contributed by atoms with Crippen LogP contribution < -0.4 is 14.4 Å².